The Balaban J connectivity index is 2.15. The quantitative estimate of drug-likeness (QED) is 0.536. The molecule has 0 unspecified atom stereocenters. The van der Waals surface area contributed by atoms with Crippen LogP contribution in [0.5, 0.6) is 0 Å². The minimum Gasteiger partial charge on any atom is -0.480 e. The molecular formula is C11H13N3O6. The molecule has 1 aliphatic rings. The van der Waals surface area contributed by atoms with Crippen molar-refractivity contribution in [1.29, 1.82) is 0 Å². The van der Waals surface area contributed by atoms with E-state index in [-0.39, 0.29) is 37.4 Å². The van der Waals surface area contributed by atoms with Gasteiger partial charge in [-0.1, -0.05) is 0 Å². The van der Waals surface area contributed by atoms with Crippen LogP contribution in [0.3, 0.4) is 0 Å². The number of amides is 1. The van der Waals surface area contributed by atoms with E-state index >= 15 is 0 Å². The topological polar surface area (TPSA) is 135 Å². The minimum atomic E-state index is -1.39. The van der Waals surface area contributed by atoms with E-state index in [0.29, 0.717) is 0 Å². The maximum absolute atomic E-state index is 12.0. The fourth-order valence-corrected chi connectivity index (χ4v) is 2.02. The normalized spacial score (nSPS) is 17.4. The van der Waals surface area contributed by atoms with Gasteiger partial charge in [-0.3, -0.25) is 14.9 Å². The number of carboxylic acids is 1. The lowest BCUT2D eigenvalue weighted by molar-refractivity contribution is -0.384. The Bertz CT molecular complexity index is 546. The van der Waals surface area contributed by atoms with Gasteiger partial charge in [-0.2, -0.15) is 0 Å². The van der Waals surface area contributed by atoms with E-state index < -0.39 is 22.3 Å². The van der Waals surface area contributed by atoms with Crippen molar-refractivity contribution in [3.63, 3.8) is 0 Å². The van der Waals surface area contributed by atoms with Crippen LogP contribution >= 0.6 is 0 Å². The molecule has 20 heavy (non-hydrogen) atoms. The Morgan fingerprint density at radius 1 is 1.45 bits per heavy atom. The summed E-state index contributed by atoms with van der Waals surface area (Å²) in [6.07, 6.45) is 1.38. The van der Waals surface area contributed by atoms with Crippen molar-refractivity contribution < 1.29 is 24.4 Å². The molecule has 0 bridgehead atoms. The number of H-pyrrole nitrogens is 1. The van der Waals surface area contributed by atoms with E-state index in [4.69, 9.17) is 4.74 Å². The number of nitrogens with zero attached hydrogens (tertiary/aromatic N) is 1. The highest BCUT2D eigenvalue weighted by atomic mass is 16.6. The van der Waals surface area contributed by atoms with E-state index in [1.807, 2.05) is 0 Å². The summed E-state index contributed by atoms with van der Waals surface area (Å²) in [5.41, 5.74) is -1.70. The molecule has 0 saturated carbocycles. The standard InChI is InChI=1S/C11H13N3O6/c15-9(8-5-7(6-12-8)14(18)19)13-11(10(16)17)1-3-20-4-2-11/h5-6,12H,1-4H2,(H,13,15)(H,16,17). The van der Waals surface area contributed by atoms with Crippen molar-refractivity contribution in [3.8, 4) is 0 Å². The van der Waals surface area contributed by atoms with Crippen molar-refractivity contribution in [2.75, 3.05) is 13.2 Å². The first-order valence-corrected chi connectivity index (χ1v) is 5.91. The van der Waals surface area contributed by atoms with Crippen LogP contribution < -0.4 is 5.32 Å². The lowest BCUT2D eigenvalue weighted by Crippen LogP contribution is -2.57. The van der Waals surface area contributed by atoms with E-state index in [1.165, 1.54) is 0 Å². The molecule has 1 amide bonds. The van der Waals surface area contributed by atoms with Gasteiger partial charge in [-0.15, -0.1) is 0 Å². The highest BCUT2D eigenvalue weighted by Crippen LogP contribution is 2.22. The smallest absolute Gasteiger partial charge is 0.329 e. The molecule has 9 heteroatoms. The lowest BCUT2D eigenvalue weighted by atomic mass is 9.90. The van der Waals surface area contributed by atoms with Gasteiger partial charge in [0.2, 0.25) is 0 Å². The van der Waals surface area contributed by atoms with Gasteiger partial charge in [-0.25, -0.2) is 4.79 Å². The van der Waals surface area contributed by atoms with Crippen molar-refractivity contribution in [2.45, 2.75) is 18.4 Å². The first-order valence-electron chi connectivity index (χ1n) is 5.91. The van der Waals surface area contributed by atoms with E-state index in [2.05, 4.69) is 10.3 Å². The Kier molecular flexibility index (Phi) is 3.70. The van der Waals surface area contributed by atoms with Crippen LogP contribution in [0.15, 0.2) is 12.3 Å². The Hall–Kier alpha value is -2.42. The summed E-state index contributed by atoms with van der Waals surface area (Å²) < 4.78 is 5.09. The molecule has 1 aromatic rings. The van der Waals surface area contributed by atoms with Crippen molar-refractivity contribution >= 4 is 17.6 Å². The fourth-order valence-electron chi connectivity index (χ4n) is 2.02. The van der Waals surface area contributed by atoms with Gasteiger partial charge in [0.1, 0.15) is 11.2 Å². The summed E-state index contributed by atoms with van der Waals surface area (Å²) >= 11 is 0. The first-order chi connectivity index (χ1) is 9.44. The largest absolute Gasteiger partial charge is 0.480 e. The lowest BCUT2D eigenvalue weighted by Gasteiger charge is -2.33. The summed E-state index contributed by atoms with van der Waals surface area (Å²) in [5.74, 6) is -1.84. The zero-order valence-electron chi connectivity index (χ0n) is 10.4. The van der Waals surface area contributed by atoms with Gasteiger partial charge < -0.3 is 20.1 Å². The number of hydrogen-bond donors (Lipinski definition) is 3. The molecule has 0 atom stereocenters. The highest BCUT2D eigenvalue weighted by molar-refractivity contribution is 5.97. The van der Waals surface area contributed by atoms with Crippen LogP contribution in [-0.4, -0.2) is 45.6 Å². The predicted octanol–water partition coefficient (Wildman–Crippen LogP) is 0.286. The number of carbonyl (C=O) groups excluding carboxylic acids is 1. The third-order valence-corrected chi connectivity index (χ3v) is 3.23. The molecule has 0 radical (unpaired) electrons. The summed E-state index contributed by atoms with van der Waals surface area (Å²) in [4.78, 5) is 35.7. The number of ether oxygens (including phenoxy) is 1. The van der Waals surface area contributed by atoms with Crippen LogP contribution in [0.2, 0.25) is 0 Å². The number of aliphatic carboxylic acids is 1. The number of carbonyl (C=O) groups is 2. The maximum atomic E-state index is 12.0. The van der Waals surface area contributed by atoms with Gasteiger partial charge in [0.15, 0.2) is 0 Å². The third kappa shape index (κ3) is 2.62. The molecule has 0 aromatic carbocycles. The number of rotatable bonds is 4. The van der Waals surface area contributed by atoms with Crippen LogP contribution in [0, 0.1) is 10.1 Å². The Labute approximate surface area is 113 Å². The van der Waals surface area contributed by atoms with Crippen molar-refractivity contribution in [3.05, 3.63) is 28.1 Å². The predicted molar refractivity (Wildman–Crippen MR) is 65.3 cm³/mol. The first kappa shape index (κ1) is 14.0. The molecule has 1 saturated heterocycles. The molecular weight excluding hydrogens is 270 g/mol. The third-order valence-electron chi connectivity index (χ3n) is 3.23. The second kappa shape index (κ2) is 5.29. The zero-order chi connectivity index (χ0) is 14.8. The van der Waals surface area contributed by atoms with Gasteiger partial charge in [0.05, 0.1) is 11.1 Å². The second-order valence-corrected chi connectivity index (χ2v) is 4.48. The van der Waals surface area contributed by atoms with Crippen LogP contribution in [0.1, 0.15) is 23.3 Å². The summed E-state index contributed by atoms with van der Waals surface area (Å²) in [7, 11) is 0. The molecule has 2 heterocycles. The average Bonchev–Trinajstić information content (AvgIpc) is 2.89. The number of nitrogens with one attached hydrogen (secondary N) is 2. The fraction of sp³-hybridized carbons (Fsp3) is 0.455. The molecule has 1 aromatic heterocycles. The molecule has 3 N–H and O–H groups in total. The molecule has 1 fully saturated rings. The molecule has 108 valence electrons. The van der Waals surface area contributed by atoms with Gasteiger partial charge in [-0.05, 0) is 0 Å². The number of nitro groups is 1. The van der Waals surface area contributed by atoms with Gasteiger partial charge >= 0.3 is 5.97 Å². The van der Waals surface area contributed by atoms with Crippen LogP contribution in [0.25, 0.3) is 0 Å². The van der Waals surface area contributed by atoms with Crippen molar-refractivity contribution in [1.82, 2.24) is 10.3 Å². The Morgan fingerprint density at radius 2 is 2.10 bits per heavy atom. The summed E-state index contributed by atoms with van der Waals surface area (Å²) in [6.45, 7) is 0.467. The zero-order valence-corrected chi connectivity index (χ0v) is 10.4. The number of aromatic amines is 1. The molecule has 9 nitrogen and oxygen atoms in total. The second-order valence-electron chi connectivity index (χ2n) is 4.48. The van der Waals surface area contributed by atoms with Gasteiger partial charge in [0.25, 0.3) is 11.6 Å². The van der Waals surface area contributed by atoms with Gasteiger partial charge in [0, 0.05) is 32.1 Å². The summed E-state index contributed by atoms with van der Waals surface area (Å²) in [5, 5.41) is 22.3. The SMILES string of the molecule is O=C(NC1(C(=O)O)CCOCC1)c1cc([N+](=O)[O-])c[nH]1. The number of carboxylic acid groups (broad SMARTS) is 1. The number of hydrogen-bond acceptors (Lipinski definition) is 5. The van der Waals surface area contributed by atoms with Crippen molar-refractivity contribution in [2.24, 2.45) is 0 Å². The Morgan fingerprint density at radius 3 is 2.60 bits per heavy atom. The summed E-state index contributed by atoms with van der Waals surface area (Å²) in [6, 6.07) is 1.06. The molecule has 1 aliphatic heterocycles. The molecule has 2 rings (SSSR count). The van der Waals surface area contributed by atoms with E-state index in [9.17, 15) is 24.8 Å². The molecule has 0 spiro atoms. The van der Waals surface area contributed by atoms with Crippen LogP contribution in [0.4, 0.5) is 5.69 Å². The number of aromatic nitrogens is 1. The molecule has 0 aliphatic carbocycles. The van der Waals surface area contributed by atoms with Crippen LogP contribution in [-0.2, 0) is 9.53 Å². The average molecular weight is 283 g/mol. The van der Waals surface area contributed by atoms with E-state index in [1.54, 1.807) is 0 Å². The van der Waals surface area contributed by atoms with E-state index in [0.717, 1.165) is 12.3 Å². The maximum Gasteiger partial charge on any atom is 0.329 e. The highest BCUT2D eigenvalue weighted by Gasteiger charge is 2.42. The monoisotopic (exact) mass is 283 g/mol. The minimum absolute atomic E-state index is 0.0520.